The number of nitrogens with zero attached hydrogens (tertiary/aromatic N) is 8. The molecule has 2 unspecified atom stereocenters. The van der Waals surface area contributed by atoms with Crippen molar-refractivity contribution in [2.24, 2.45) is 0 Å². The van der Waals surface area contributed by atoms with Crippen LogP contribution in [0.2, 0.25) is 15.2 Å². The van der Waals surface area contributed by atoms with Gasteiger partial charge in [0.1, 0.15) is 35.3 Å². The maximum atomic E-state index is 12.6. The second-order valence-electron chi connectivity index (χ2n) is 21.0. The summed E-state index contributed by atoms with van der Waals surface area (Å²) in [4.78, 5) is 60.2. The van der Waals surface area contributed by atoms with Crippen molar-refractivity contribution < 1.29 is 47.4 Å². The molecule has 11 rings (SSSR count). The molecule has 3 fully saturated rings. The molecule has 0 radical (unpaired) electrons. The lowest BCUT2D eigenvalue weighted by atomic mass is 9.78. The first-order valence-corrected chi connectivity index (χ1v) is 28.2. The van der Waals surface area contributed by atoms with E-state index in [1.54, 1.807) is 88.9 Å². The summed E-state index contributed by atoms with van der Waals surface area (Å²) in [6.45, 7) is 13.2. The number of carbonyl (C=O) groups is 4. The number of anilines is 2. The molecule has 5 aliphatic heterocycles. The molecule has 0 spiro atoms. The van der Waals surface area contributed by atoms with Crippen LogP contribution >= 0.6 is 34.8 Å². The largest absolute Gasteiger partial charge is 0.494 e. The Labute approximate surface area is 500 Å². The van der Waals surface area contributed by atoms with Crippen LogP contribution in [0.4, 0.5) is 11.6 Å². The van der Waals surface area contributed by atoms with Crippen LogP contribution < -0.4 is 37.0 Å². The molecule has 22 nitrogen and oxygen atoms in total. The van der Waals surface area contributed by atoms with Crippen LogP contribution in [0.25, 0.3) is 23.4 Å². The minimum atomic E-state index is -0.491. The highest BCUT2D eigenvalue weighted by atomic mass is 35.5. The van der Waals surface area contributed by atoms with E-state index in [0.29, 0.717) is 129 Å². The van der Waals surface area contributed by atoms with Gasteiger partial charge in [0.2, 0.25) is 11.8 Å². The van der Waals surface area contributed by atoms with Gasteiger partial charge in [0.25, 0.3) is 11.8 Å². The SMILES string of the molecule is CC1(C)OB(c2cc(Cl)c3c(c2)CC(CNC(=O)/C=C/c2ccc(N)nc2)O3)OC1(C)C.Nc1ccc(/C=C/C(=O)NCC2Cc3cc(-c4ccc(C(=O)N5CCOCC5)nn4)cc(Cl)c3O2)cn1.O=C(c1ccc(Cl)nn1)N1CCOCC1. The molecule has 26 heteroatoms. The van der Waals surface area contributed by atoms with Crippen LogP contribution in [0.15, 0.2) is 97.3 Å². The van der Waals surface area contributed by atoms with Crippen molar-refractivity contribution in [3.05, 3.63) is 146 Å². The van der Waals surface area contributed by atoms with Crippen molar-refractivity contribution in [3.8, 4) is 22.8 Å². The van der Waals surface area contributed by atoms with E-state index < -0.39 is 18.3 Å². The van der Waals surface area contributed by atoms with Gasteiger partial charge in [-0.2, -0.15) is 0 Å². The highest BCUT2D eigenvalue weighted by Crippen LogP contribution is 2.41. The summed E-state index contributed by atoms with van der Waals surface area (Å²) in [6.07, 6.45) is 10.2. The molecule has 5 aliphatic rings. The monoisotopic (exact) mass is 1200 g/mol. The summed E-state index contributed by atoms with van der Waals surface area (Å²) in [6, 6.07) is 21.0. The van der Waals surface area contributed by atoms with E-state index in [1.807, 2.05) is 45.9 Å². The van der Waals surface area contributed by atoms with E-state index in [0.717, 1.165) is 33.3 Å². The Hall–Kier alpha value is -7.77. The van der Waals surface area contributed by atoms with Crippen molar-refractivity contribution in [2.75, 3.05) is 77.2 Å². The van der Waals surface area contributed by atoms with Crippen LogP contribution in [0.3, 0.4) is 0 Å². The van der Waals surface area contributed by atoms with Gasteiger partial charge in [-0.15, -0.1) is 20.4 Å². The Morgan fingerprint density at radius 2 is 1.10 bits per heavy atom. The van der Waals surface area contributed by atoms with Gasteiger partial charge < -0.3 is 60.2 Å². The van der Waals surface area contributed by atoms with Crippen molar-refractivity contribution in [3.63, 3.8) is 0 Å². The van der Waals surface area contributed by atoms with Gasteiger partial charge in [-0.05, 0) is 129 Å². The number of fused-ring (bicyclic) bond motifs is 2. The van der Waals surface area contributed by atoms with E-state index in [9.17, 15) is 19.2 Å². The van der Waals surface area contributed by atoms with Crippen LogP contribution in [0.5, 0.6) is 11.5 Å². The molecule has 0 saturated carbocycles. The number of carbonyl (C=O) groups excluding carboxylic acids is 4. The fourth-order valence-electron chi connectivity index (χ4n) is 9.10. The first kappa shape index (κ1) is 60.8. The van der Waals surface area contributed by atoms with Crippen LogP contribution in [0, 0.1) is 0 Å². The Bertz CT molecular complexity index is 3370. The third-order valence-electron chi connectivity index (χ3n) is 14.4. The number of nitrogens with two attached hydrogens (primary N) is 2. The summed E-state index contributed by atoms with van der Waals surface area (Å²) >= 11 is 18.6. The first-order valence-electron chi connectivity index (χ1n) is 27.0. The minimum Gasteiger partial charge on any atom is -0.486 e. The van der Waals surface area contributed by atoms with Crippen molar-refractivity contribution >= 4 is 94.8 Å². The first-order chi connectivity index (χ1) is 40.3. The van der Waals surface area contributed by atoms with E-state index in [1.165, 1.54) is 12.2 Å². The zero-order chi connectivity index (χ0) is 59.5. The number of aromatic nitrogens is 6. The third-order valence-corrected chi connectivity index (χ3v) is 15.1. The Balaban J connectivity index is 0.000000164. The number of nitrogen functional groups attached to an aromatic ring is 2. The van der Waals surface area contributed by atoms with Crippen LogP contribution in [-0.2, 0) is 41.2 Å². The molecular weight excluding hydrogens is 1140 g/mol. The van der Waals surface area contributed by atoms with Crippen LogP contribution in [-0.4, -0.2) is 160 Å². The second kappa shape index (κ2) is 27.3. The molecule has 2 aromatic carbocycles. The fourth-order valence-corrected chi connectivity index (χ4v) is 9.77. The number of morpholine rings is 2. The smallest absolute Gasteiger partial charge is 0.486 e. The molecule has 9 heterocycles. The van der Waals surface area contributed by atoms with Gasteiger partial charge in [-0.25, -0.2) is 9.97 Å². The molecule has 2 atom stereocenters. The number of ether oxygens (including phenoxy) is 4. The molecule has 438 valence electrons. The molecule has 0 bridgehead atoms. The summed E-state index contributed by atoms with van der Waals surface area (Å²) in [7, 11) is -0.491. The maximum Gasteiger partial charge on any atom is 0.494 e. The quantitative estimate of drug-likeness (QED) is 0.0840. The number of halogens is 3. The predicted octanol–water partition coefficient (Wildman–Crippen LogP) is 5.73. The number of rotatable bonds is 12. The highest BCUT2D eigenvalue weighted by Gasteiger charge is 2.52. The molecule has 84 heavy (non-hydrogen) atoms. The molecule has 6 N–H and O–H groups in total. The normalized spacial score (nSPS) is 18.3. The lowest BCUT2D eigenvalue weighted by Crippen LogP contribution is -2.41. The number of pyridine rings is 2. The van der Waals surface area contributed by atoms with E-state index >= 15 is 0 Å². The van der Waals surface area contributed by atoms with Gasteiger partial charge in [0, 0.05) is 74.7 Å². The lowest BCUT2D eigenvalue weighted by Gasteiger charge is -2.32. The standard InChI is InChI=1S/C26H25ClN6O4.C23H27BClN3O4.C9H10ClN3O2/c27-20-13-17(21-3-4-22(32-31-21)26(35)33-7-9-36-10-8-33)11-18-12-19(37-25(18)20)15-30-24(34)6-2-16-1-5-23(28)29-14-16;1-22(2)23(3,4)32-24(31-22)16-9-15-10-17(30-21(15)18(25)11-16)13-28-20(29)8-6-14-5-7-19(26)27-12-14;10-8-2-1-7(11-12-8)9(14)13-3-5-15-6-4-13/h1-6,11,13-14,19H,7-10,12,15H2,(H2,28,29)(H,30,34);5-9,11-12,17H,10,13H2,1-4H3,(H2,26,27)(H,28,29);1-2H,3-6H2/b6-2+;8-6+;. The summed E-state index contributed by atoms with van der Waals surface area (Å²) in [5.74, 6) is 1.36. The van der Waals surface area contributed by atoms with E-state index in [2.05, 4.69) is 41.0 Å². The summed E-state index contributed by atoms with van der Waals surface area (Å²) in [5.41, 5.74) is 16.6. The average molecular weight is 1200 g/mol. The number of benzene rings is 2. The fraction of sp³-hybridized carbons (Fsp3) is 0.345. The Morgan fingerprint density at radius 3 is 1.55 bits per heavy atom. The molecule has 0 aliphatic carbocycles. The van der Waals surface area contributed by atoms with Crippen molar-refractivity contribution in [2.45, 2.75) is 63.9 Å². The lowest BCUT2D eigenvalue weighted by molar-refractivity contribution is -0.117. The minimum absolute atomic E-state index is 0.123. The third kappa shape index (κ3) is 15.7. The average Bonchev–Trinajstić information content (AvgIpc) is 3.33. The van der Waals surface area contributed by atoms with Gasteiger partial charge in [0.15, 0.2) is 16.5 Å². The molecular formula is C58H62BCl3N12O10. The summed E-state index contributed by atoms with van der Waals surface area (Å²) < 4.78 is 34.7. The number of nitrogens with one attached hydrogen (secondary N) is 2. The highest BCUT2D eigenvalue weighted by molar-refractivity contribution is 6.62. The van der Waals surface area contributed by atoms with E-state index in [4.69, 9.17) is 74.5 Å². The molecule has 3 saturated heterocycles. The maximum absolute atomic E-state index is 12.6. The molecule has 4 aromatic heterocycles. The van der Waals surface area contributed by atoms with Gasteiger partial charge in [0.05, 0.1) is 66.5 Å². The van der Waals surface area contributed by atoms with Crippen molar-refractivity contribution in [1.29, 1.82) is 0 Å². The Morgan fingerprint density at radius 1 is 0.619 bits per heavy atom. The topological polar surface area (TPSA) is 284 Å². The Kier molecular flexibility index (Phi) is 19.8. The number of hydrogen-bond acceptors (Lipinski definition) is 18. The predicted molar refractivity (Wildman–Crippen MR) is 318 cm³/mol. The van der Waals surface area contributed by atoms with Crippen LogP contribution in [0.1, 0.15) is 70.9 Å². The van der Waals surface area contributed by atoms with Gasteiger partial charge in [-0.3, -0.25) is 19.2 Å². The van der Waals surface area contributed by atoms with Gasteiger partial charge >= 0.3 is 7.12 Å². The second-order valence-corrected chi connectivity index (χ2v) is 22.2. The molecule has 6 aromatic rings. The summed E-state index contributed by atoms with van der Waals surface area (Å²) in [5, 5.41) is 22.7. The number of hydrogen-bond donors (Lipinski definition) is 4. The van der Waals surface area contributed by atoms with Gasteiger partial charge in [-0.1, -0.05) is 40.9 Å². The number of amides is 4. The zero-order valence-electron chi connectivity index (χ0n) is 46.6. The van der Waals surface area contributed by atoms with Crippen molar-refractivity contribution in [1.82, 2.24) is 50.8 Å². The zero-order valence-corrected chi connectivity index (χ0v) is 48.8. The van der Waals surface area contributed by atoms with E-state index in [-0.39, 0.29) is 41.0 Å². The molecule has 4 amide bonds.